The molecule has 10 heteroatoms. The Labute approximate surface area is 192 Å². The molecular weight excluding hydrogens is 452 g/mol. The minimum Gasteiger partial charge on any atom is -0.420 e. The van der Waals surface area contributed by atoms with Crippen molar-refractivity contribution in [2.75, 3.05) is 5.32 Å². The van der Waals surface area contributed by atoms with Crippen LogP contribution in [0.2, 0.25) is 0 Å². The largest absolute Gasteiger partial charge is 0.487 e. The van der Waals surface area contributed by atoms with Gasteiger partial charge in [0.25, 0.3) is 5.91 Å². The fourth-order valence-electron chi connectivity index (χ4n) is 3.81. The van der Waals surface area contributed by atoms with Gasteiger partial charge < -0.3 is 14.6 Å². The summed E-state index contributed by atoms with van der Waals surface area (Å²) in [5.74, 6) is 0.930. The number of fused-ring (bicyclic) bond motifs is 1. The van der Waals surface area contributed by atoms with E-state index in [1.807, 2.05) is 7.05 Å². The van der Waals surface area contributed by atoms with Crippen LogP contribution < -0.4 is 10.1 Å². The summed E-state index contributed by atoms with van der Waals surface area (Å²) >= 11 is 4.78. The Morgan fingerprint density at radius 1 is 1.18 bits per heavy atom. The third-order valence-electron chi connectivity index (χ3n) is 5.43. The van der Waals surface area contributed by atoms with Crippen LogP contribution in [0.1, 0.15) is 34.9 Å². The van der Waals surface area contributed by atoms with Gasteiger partial charge in [0.2, 0.25) is 0 Å². The molecule has 1 aliphatic rings. The van der Waals surface area contributed by atoms with Crippen LogP contribution in [0.25, 0.3) is 22.2 Å². The van der Waals surface area contributed by atoms with Crippen LogP contribution in [0.5, 0.6) is 5.75 Å². The van der Waals surface area contributed by atoms with Crippen molar-refractivity contribution in [3.63, 3.8) is 0 Å². The molecule has 0 spiro atoms. The molecule has 1 saturated carbocycles. The fourth-order valence-corrected chi connectivity index (χ4v) is 3.90. The number of aryl methyl sites for hydroxylation is 1. The first-order valence-electron chi connectivity index (χ1n) is 10.2. The van der Waals surface area contributed by atoms with Crippen molar-refractivity contribution in [1.29, 1.82) is 0 Å². The highest BCUT2D eigenvalue weighted by Crippen LogP contribution is 2.42. The molecule has 1 N–H and O–H groups in total. The highest BCUT2D eigenvalue weighted by molar-refractivity contribution is 6.20. The molecule has 2 aromatic carbocycles. The maximum Gasteiger partial charge on any atom is 0.487 e. The van der Waals surface area contributed by atoms with Gasteiger partial charge in [-0.05, 0) is 49.2 Å². The van der Waals surface area contributed by atoms with Crippen molar-refractivity contribution in [1.82, 2.24) is 19.5 Å². The average Bonchev–Trinajstić information content (AvgIpc) is 3.57. The standard InChI is InChI=1S/C23H18ClF2N5O2/c1-31-20-18(15-10-27-12-28-11-15)8-14(9-19(20)30-21(31)13-2-3-13)22(32)29-16-4-6-17(7-5-16)33-23(24,25)26/h4-13H,2-3H2,1H3,(H,29,32). The second-order valence-corrected chi connectivity index (χ2v) is 8.29. The molecule has 2 heterocycles. The van der Waals surface area contributed by atoms with Crippen molar-refractivity contribution in [2.45, 2.75) is 24.3 Å². The first-order chi connectivity index (χ1) is 15.8. The quantitative estimate of drug-likeness (QED) is 0.386. The number of carbonyl (C=O) groups is 1. The van der Waals surface area contributed by atoms with Crippen LogP contribution in [0, 0.1) is 0 Å². The van der Waals surface area contributed by atoms with E-state index in [1.54, 1.807) is 24.5 Å². The van der Waals surface area contributed by atoms with Gasteiger partial charge in [0.1, 0.15) is 17.9 Å². The van der Waals surface area contributed by atoms with Crippen LogP contribution in [-0.4, -0.2) is 31.0 Å². The lowest BCUT2D eigenvalue weighted by Crippen LogP contribution is -2.16. The molecule has 0 atom stereocenters. The Bertz CT molecular complexity index is 1330. The van der Waals surface area contributed by atoms with E-state index in [-0.39, 0.29) is 11.7 Å². The number of benzene rings is 2. The zero-order valence-electron chi connectivity index (χ0n) is 17.4. The number of rotatable bonds is 6. The van der Waals surface area contributed by atoms with E-state index in [0.29, 0.717) is 22.7 Å². The van der Waals surface area contributed by atoms with Crippen molar-refractivity contribution >= 4 is 34.2 Å². The third kappa shape index (κ3) is 4.49. The van der Waals surface area contributed by atoms with Gasteiger partial charge in [-0.25, -0.2) is 15.0 Å². The summed E-state index contributed by atoms with van der Waals surface area (Å²) in [6, 6.07) is 9.01. The maximum atomic E-state index is 13.0. The monoisotopic (exact) mass is 469 g/mol. The van der Waals surface area contributed by atoms with Gasteiger partial charge in [-0.2, -0.15) is 0 Å². The number of nitrogens with one attached hydrogen (secondary N) is 1. The number of imidazole rings is 1. The molecule has 0 bridgehead atoms. The number of alkyl halides is 3. The Kier molecular flexibility index (Phi) is 5.20. The van der Waals surface area contributed by atoms with Gasteiger partial charge in [0.05, 0.1) is 11.0 Å². The number of ether oxygens (including phenoxy) is 1. The minimum atomic E-state index is -3.81. The third-order valence-corrected chi connectivity index (χ3v) is 5.50. The average molecular weight is 470 g/mol. The summed E-state index contributed by atoms with van der Waals surface area (Å²) in [6.45, 7) is 0. The smallest absolute Gasteiger partial charge is 0.420 e. The van der Waals surface area contributed by atoms with E-state index < -0.39 is 5.57 Å². The molecule has 33 heavy (non-hydrogen) atoms. The first kappa shape index (κ1) is 21.3. The number of aromatic nitrogens is 4. The van der Waals surface area contributed by atoms with Crippen molar-refractivity contribution in [2.24, 2.45) is 7.05 Å². The molecule has 0 saturated heterocycles. The molecule has 0 unspecified atom stereocenters. The zero-order valence-corrected chi connectivity index (χ0v) is 18.2. The summed E-state index contributed by atoms with van der Waals surface area (Å²) in [7, 11) is 1.98. The summed E-state index contributed by atoms with van der Waals surface area (Å²) in [5, 5.41) is 2.77. The van der Waals surface area contributed by atoms with Gasteiger partial charge >= 0.3 is 5.57 Å². The number of halogens is 3. The molecule has 7 nitrogen and oxygen atoms in total. The first-order valence-corrected chi connectivity index (χ1v) is 10.6. The van der Waals surface area contributed by atoms with Crippen LogP contribution >= 0.6 is 11.6 Å². The van der Waals surface area contributed by atoms with E-state index in [4.69, 9.17) is 16.6 Å². The molecule has 168 valence electrons. The number of carbonyl (C=O) groups excluding carboxylic acids is 1. The molecule has 4 aromatic rings. The van der Waals surface area contributed by atoms with Gasteiger partial charge in [-0.1, -0.05) is 0 Å². The molecule has 1 aliphatic carbocycles. The lowest BCUT2D eigenvalue weighted by atomic mass is 10.0. The number of anilines is 1. The predicted octanol–water partition coefficient (Wildman–Crippen LogP) is 5.33. The Hall–Kier alpha value is -3.59. The van der Waals surface area contributed by atoms with Gasteiger partial charge in [0, 0.05) is 59.3 Å². The maximum absolute atomic E-state index is 13.0. The van der Waals surface area contributed by atoms with Gasteiger partial charge in [-0.15, -0.1) is 8.78 Å². The van der Waals surface area contributed by atoms with Crippen LogP contribution in [0.4, 0.5) is 14.5 Å². The summed E-state index contributed by atoms with van der Waals surface area (Å²) in [5.41, 5.74) is 0.189. The molecule has 1 fully saturated rings. The van der Waals surface area contributed by atoms with E-state index in [9.17, 15) is 13.6 Å². The summed E-state index contributed by atoms with van der Waals surface area (Å²) < 4.78 is 31.9. The SMILES string of the molecule is Cn1c(C2CC2)nc2cc(C(=O)Nc3ccc(OC(F)(F)Cl)cc3)cc(-c3cncnc3)c21. The number of hydrogen-bond donors (Lipinski definition) is 1. The molecule has 1 amide bonds. The molecule has 0 aliphatic heterocycles. The molecular formula is C23H18ClF2N5O2. The highest BCUT2D eigenvalue weighted by atomic mass is 35.5. The van der Waals surface area contributed by atoms with E-state index >= 15 is 0 Å². The van der Waals surface area contributed by atoms with Gasteiger partial charge in [0.15, 0.2) is 0 Å². The number of hydrogen-bond acceptors (Lipinski definition) is 5. The molecule has 2 aromatic heterocycles. The number of nitrogens with zero attached hydrogens (tertiary/aromatic N) is 4. The van der Waals surface area contributed by atoms with Gasteiger partial charge in [-0.3, -0.25) is 4.79 Å². The molecule has 5 rings (SSSR count). The van der Waals surface area contributed by atoms with Crippen LogP contribution in [0.3, 0.4) is 0 Å². The van der Waals surface area contributed by atoms with Crippen molar-refractivity contribution < 1.29 is 18.3 Å². The Balaban J connectivity index is 1.49. The fraction of sp³-hybridized carbons (Fsp3) is 0.217. The van der Waals surface area contributed by atoms with E-state index in [0.717, 1.165) is 35.3 Å². The van der Waals surface area contributed by atoms with Crippen LogP contribution in [0.15, 0.2) is 55.1 Å². The number of amides is 1. The minimum absolute atomic E-state index is 0.123. The normalized spacial score (nSPS) is 13.8. The summed E-state index contributed by atoms with van der Waals surface area (Å²) in [4.78, 5) is 26.1. The lowest BCUT2D eigenvalue weighted by molar-refractivity contribution is -0.0964. The molecule has 0 radical (unpaired) electrons. The van der Waals surface area contributed by atoms with Crippen molar-refractivity contribution in [3.8, 4) is 16.9 Å². The van der Waals surface area contributed by atoms with Crippen molar-refractivity contribution in [3.05, 3.63) is 66.5 Å². The topological polar surface area (TPSA) is 81.9 Å². The Morgan fingerprint density at radius 2 is 1.88 bits per heavy atom. The lowest BCUT2D eigenvalue weighted by Gasteiger charge is -2.12. The Morgan fingerprint density at radius 3 is 2.52 bits per heavy atom. The highest BCUT2D eigenvalue weighted by Gasteiger charge is 2.30. The van der Waals surface area contributed by atoms with E-state index in [2.05, 4.69) is 24.6 Å². The second-order valence-electron chi connectivity index (χ2n) is 7.85. The zero-order chi connectivity index (χ0) is 23.2. The second kappa shape index (κ2) is 8.08. The predicted molar refractivity (Wildman–Crippen MR) is 120 cm³/mol. The summed E-state index contributed by atoms with van der Waals surface area (Å²) in [6.07, 6.45) is 7.04. The van der Waals surface area contributed by atoms with Crippen LogP contribution in [-0.2, 0) is 7.05 Å². The van der Waals surface area contributed by atoms with E-state index in [1.165, 1.54) is 30.6 Å².